The summed E-state index contributed by atoms with van der Waals surface area (Å²) >= 11 is 1.98. The van der Waals surface area contributed by atoms with Gasteiger partial charge in [0.15, 0.2) is 0 Å². The van der Waals surface area contributed by atoms with E-state index in [0.717, 1.165) is 13.1 Å². The zero-order chi connectivity index (χ0) is 5.66. The standard InChI is InChI=1S/C6H11NS/c1-2-5-8-6-4-7-3-1/h1-2,7H,3-6H2/b2-1-. The lowest BCUT2D eigenvalue weighted by atomic mass is 10.5. The maximum Gasteiger partial charge on any atom is 0.0135 e. The van der Waals surface area contributed by atoms with E-state index < -0.39 is 0 Å². The first-order valence-corrected chi connectivity index (χ1v) is 4.09. The van der Waals surface area contributed by atoms with E-state index in [9.17, 15) is 0 Å². The van der Waals surface area contributed by atoms with Crippen molar-refractivity contribution in [1.29, 1.82) is 0 Å². The summed E-state index contributed by atoms with van der Waals surface area (Å²) in [5.41, 5.74) is 0. The number of hydrogen-bond acceptors (Lipinski definition) is 2. The Morgan fingerprint density at radius 3 is 3.38 bits per heavy atom. The summed E-state index contributed by atoms with van der Waals surface area (Å²) in [4.78, 5) is 0. The molecule has 46 valence electrons. The number of nitrogens with one attached hydrogen (secondary N) is 1. The van der Waals surface area contributed by atoms with Crippen molar-refractivity contribution in [2.45, 2.75) is 0 Å². The summed E-state index contributed by atoms with van der Waals surface area (Å²) in [6.45, 7) is 2.22. The fourth-order valence-electron chi connectivity index (χ4n) is 0.632. The first-order valence-electron chi connectivity index (χ1n) is 2.93. The third kappa shape index (κ3) is 2.38. The molecule has 0 bridgehead atoms. The first-order chi connectivity index (χ1) is 4.00. The lowest BCUT2D eigenvalue weighted by molar-refractivity contribution is 0.803. The van der Waals surface area contributed by atoms with Crippen LogP contribution in [0, 0.1) is 0 Å². The molecule has 1 rings (SSSR count). The van der Waals surface area contributed by atoms with E-state index in [4.69, 9.17) is 0 Å². The van der Waals surface area contributed by atoms with Crippen LogP contribution >= 0.6 is 11.8 Å². The predicted octanol–water partition coefficient (Wildman–Crippen LogP) is 0.879. The Bertz CT molecular complexity index is 70.6. The fourth-order valence-corrected chi connectivity index (χ4v) is 1.36. The normalized spacial score (nSPS) is 26.0. The van der Waals surface area contributed by atoms with Gasteiger partial charge >= 0.3 is 0 Å². The summed E-state index contributed by atoms with van der Waals surface area (Å²) < 4.78 is 0. The summed E-state index contributed by atoms with van der Waals surface area (Å²) in [5, 5.41) is 3.28. The van der Waals surface area contributed by atoms with Crippen LogP contribution in [0.25, 0.3) is 0 Å². The second kappa shape index (κ2) is 3.98. The van der Waals surface area contributed by atoms with Gasteiger partial charge in [0.2, 0.25) is 0 Å². The van der Waals surface area contributed by atoms with Crippen LogP contribution in [0.4, 0.5) is 0 Å². The van der Waals surface area contributed by atoms with Gasteiger partial charge in [0.05, 0.1) is 0 Å². The highest BCUT2D eigenvalue weighted by atomic mass is 32.2. The molecule has 0 radical (unpaired) electrons. The van der Waals surface area contributed by atoms with Crippen LogP contribution in [-0.2, 0) is 0 Å². The monoisotopic (exact) mass is 129 g/mol. The first kappa shape index (κ1) is 6.17. The van der Waals surface area contributed by atoms with Crippen LogP contribution in [0.1, 0.15) is 0 Å². The third-order valence-electron chi connectivity index (χ3n) is 1.07. The van der Waals surface area contributed by atoms with Crippen LogP contribution in [0.2, 0.25) is 0 Å². The molecule has 0 spiro atoms. The minimum atomic E-state index is 1.06. The SMILES string of the molecule is C1=C\CSCCNC/1. The van der Waals surface area contributed by atoms with Crippen LogP contribution in [-0.4, -0.2) is 24.6 Å². The molecule has 0 saturated heterocycles. The van der Waals surface area contributed by atoms with Crippen molar-refractivity contribution in [1.82, 2.24) is 5.32 Å². The van der Waals surface area contributed by atoms with Crippen molar-refractivity contribution in [2.75, 3.05) is 24.6 Å². The molecule has 8 heavy (non-hydrogen) atoms. The molecule has 0 fully saturated rings. The van der Waals surface area contributed by atoms with Crippen molar-refractivity contribution in [3.8, 4) is 0 Å². The van der Waals surface area contributed by atoms with E-state index >= 15 is 0 Å². The lowest BCUT2D eigenvalue weighted by Crippen LogP contribution is -2.18. The van der Waals surface area contributed by atoms with Crippen molar-refractivity contribution in [3.63, 3.8) is 0 Å². The molecule has 0 saturated carbocycles. The number of rotatable bonds is 0. The molecule has 0 unspecified atom stereocenters. The molecule has 1 aliphatic heterocycles. The van der Waals surface area contributed by atoms with Gasteiger partial charge in [-0.15, -0.1) is 0 Å². The Labute approximate surface area is 54.5 Å². The average Bonchev–Trinajstić information content (AvgIpc) is 1.62. The minimum Gasteiger partial charge on any atom is -0.312 e. The molecule has 0 amide bonds. The summed E-state index contributed by atoms with van der Waals surface area (Å²) in [5.74, 6) is 2.45. The zero-order valence-corrected chi connectivity index (χ0v) is 5.71. The molecule has 0 aromatic rings. The summed E-state index contributed by atoms with van der Waals surface area (Å²) in [7, 11) is 0. The van der Waals surface area contributed by atoms with E-state index in [1.54, 1.807) is 0 Å². The number of hydrogen-bond donors (Lipinski definition) is 1. The second-order valence-corrected chi connectivity index (χ2v) is 2.90. The quantitative estimate of drug-likeness (QED) is 0.487. The molecule has 1 nitrogen and oxygen atoms in total. The van der Waals surface area contributed by atoms with Gasteiger partial charge in [-0.3, -0.25) is 0 Å². The topological polar surface area (TPSA) is 12.0 Å². The minimum absolute atomic E-state index is 1.06. The molecule has 1 aliphatic rings. The highest BCUT2D eigenvalue weighted by Gasteiger charge is 1.88. The highest BCUT2D eigenvalue weighted by Crippen LogP contribution is 1.99. The molecule has 2 heteroatoms. The maximum atomic E-state index is 3.28. The van der Waals surface area contributed by atoms with E-state index in [0.29, 0.717) is 0 Å². The van der Waals surface area contributed by atoms with Gasteiger partial charge in [0.1, 0.15) is 0 Å². The molecule has 1 heterocycles. The second-order valence-electron chi connectivity index (χ2n) is 1.75. The van der Waals surface area contributed by atoms with E-state index in [1.165, 1.54) is 11.5 Å². The van der Waals surface area contributed by atoms with Crippen molar-refractivity contribution >= 4 is 11.8 Å². The van der Waals surface area contributed by atoms with Gasteiger partial charge in [0, 0.05) is 24.6 Å². The molecule has 1 N–H and O–H groups in total. The van der Waals surface area contributed by atoms with Gasteiger partial charge in [-0.25, -0.2) is 0 Å². The van der Waals surface area contributed by atoms with Crippen LogP contribution < -0.4 is 5.32 Å². The van der Waals surface area contributed by atoms with Crippen LogP contribution in [0.5, 0.6) is 0 Å². The van der Waals surface area contributed by atoms with E-state index in [-0.39, 0.29) is 0 Å². The summed E-state index contributed by atoms with van der Waals surface area (Å²) in [6, 6.07) is 0. The number of thioether (sulfide) groups is 1. The Morgan fingerprint density at radius 2 is 2.38 bits per heavy atom. The van der Waals surface area contributed by atoms with Crippen LogP contribution in [0.15, 0.2) is 12.2 Å². The Hall–Kier alpha value is 0.0500. The Balaban J connectivity index is 2.17. The van der Waals surface area contributed by atoms with Gasteiger partial charge in [0.25, 0.3) is 0 Å². The summed E-state index contributed by atoms with van der Waals surface area (Å²) in [6.07, 6.45) is 4.41. The van der Waals surface area contributed by atoms with E-state index in [2.05, 4.69) is 17.5 Å². The Kier molecular flexibility index (Phi) is 3.07. The Morgan fingerprint density at radius 1 is 1.38 bits per heavy atom. The largest absolute Gasteiger partial charge is 0.312 e. The van der Waals surface area contributed by atoms with Gasteiger partial charge in [-0.2, -0.15) is 11.8 Å². The molecule has 0 atom stereocenters. The fraction of sp³-hybridized carbons (Fsp3) is 0.667. The van der Waals surface area contributed by atoms with Crippen molar-refractivity contribution in [3.05, 3.63) is 12.2 Å². The third-order valence-corrected chi connectivity index (χ3v) is 1.99. The zero-order valence-electron chi connectivity index (χ0n) is 4.89. The van der Waals surface area contributed by atoms with Gasteiger partial charge in [-0.1, -0.05) is 12.2 Å². The molecular formula is C6H11NS. The average molecular weight is 129 g/mol. The molecular weight excluding hydrogens is 118 g/mol. The highest BCUT2D eigenvalue weighted by molar-refractivity contribution is 7.99. The smallest absolute Gasteiger partial charge is 0.0135 e. The van der Waals surface area contributed by atoms with Gasteiger partial charge < -0.3 is 5.32 Å². The lowest BCUT2D eigenvalue weighted by Gasteiger charge is -2.02. The van der Waals surface area contributed by atoms with Gasteiger partial charge in [-0.05, 0) is 0 Å². The predicted molar refractivity (Wildman–Crippen MR) is 39.3 cm³/mol. The molecule has 0 aromatic carbocycles. The van der Waals surface area contributed by atoms with E-state index in [1.807, 2.05) is 11.8 Å². The van der Waals surface area contributed by atoms with Crippen LogP contribution in [0.3, 0.4) is 0 Å². The maximum absolute atomic E-state index is 3.28. The van der Waals surface area contributed by atoms with Crippen molar-refractivity contribution in [2.24, 2.45) is 0 Å². The van der Waals surface area contributed by atoms with Crippen molar-refractivity contribution < 1.29 is 0 Å². The molecule has 0 aromatic heterocycles. The molecule has 0 aliphatic carbocycles.